The second kappa shape index (κ2) is 10.5. The Bertz CT molecular complexity index is 681. The largest absolute Gasteiger partial charge is 0.478 e. The van der Waals surface area contributed by atoms with Crippen molar-refractivity contribution in [1.82, 2.24) is 0 Å². The number of nitrogens with two attached hydrogens (primary N) is 1. The molecule has 0 bridgehead atoms. The highest BCUT2D eigenvalue weighted by Crippen LogP contribution is 2.24. The van der Waals surface area contributed by atoms with Crippen molar-refractivity contribution in [2.45, 2.75) is 6.10 Å². The van der Waals surface area contributed by atoms with E-state index in [4.69, 9.17) is 20.7 Å². The van der Waals surface area contributed by atoms with Crippen molar-refractivity contribution in [3.05, 3.63) is 47.4 Å². The lowest BCUT2D eigenvalue weighted by atomic mass is 10.1. The van der Waals surface area contributed by atoms with Crippen LogP contribution in [-0.4, -0.2) is 47.0 Å². The molecule has 1 aromatic carbocycles. The first-order valence-electron chi connectivity index (χ1n) is 7.01. The minimum atomic E-state index is -1.26. The molecule has 1 atom stereocenters. The van der Waals surface area contributed by atoms with Gasteiger partial charge in [0.1, 0.15) is 6.10 Å². The molecule has 1 aromatic heterocycles. The van der Waals surface area contributed by atoms with E-state index in [1.54, 1.807) is 11.3 Å². The monoisotopic (exact) mass is 353 g/mol. The molecule has 1 heterocycles. The standard InChI is InChI=1S/C12H15NO2S.C4H4O4/c13-4-5-15-8-11(14)9-1-2-12-10(7-9)3-6-16-12;5-3(6)1-2-4(7)8/h1-3,6-7,11,14H,4-5,8,13H2;1-2H,(H,5,6)(H,7,8)/b;2-1+. The van der Waals surface area contributed by atoms with E-state index in [1.807, 2.05) is 23.6 Å². The van der Waals surface area contributed by atoms with Crippen LogP contribution in [0.25, 0.3) is 10.1 Å². The highest BCUT2D eigenvalue weighted by Gasteiger charge is 2.08. The van der Waals surface area contributed by atoms with Gasteiger partial charge in [-0.15, -0.1) is 11.3 Å². The number of rotatable bonds is 7. The lowest BCUT2D eigenvalue weighted by molar-refractivity contribution is -0.134. The second-order valence-electron chi connectivity index (χ2n) is 4.61. The molecule has 5 N–H and O–H groups in total. The maximum Gasteiger partial charge on any atom is 0.328 e. The fourth-order valence-corrected chi connectivity index (χ4v) is 2.48. The van der Waals surface area contributed by atoms with E-state index in [1.165, 1.54) is 10.1 Å². The summed E-state index contributed by atoms with van der Waals surface area (Å²) in [6, 6.07) is 8.02. The number of aliphatic hydroxyl groups is 1. The summed E-state index contributed by atoms with van der Waals surface area (Å²) in [5.41, 5.74) is 6.20. The Balaban J connectivity index is 0.000000307. The van der Waals surface area contributed by atoms with Gasteiger partial charge in [0.15, 0.2) is 0 Å². The van der Waals surface area contributed by atoms with Crippen molar-refractivity contribution < 1.29 is 29.6 Å². The Morgan fingerprint density at radius 2 is 1.88 bits per heavy atom. The van der Waals surface area contributed by atoms with Crippen LogP contribution < -0.4 is 5.73 Å². The van der Waals surface area contributed by atoms with E-state index in [0.29, 0.717) is 31.9 Å². The van der Waals surface area contributed by atoms with Gasteiger partial charge in [-0.05, 0) is 34.5 Å². The Kier molecular flexibility index (Phi) is 8.66. The van der Waals surface area contributed by atoms with E-state index in [2.05, 4.69) is 6.07 Å². The third-order valence-corrected chi connectivity index (χ3v) is 3.67. The quantitative estimate of drug-likeness (QED) is 0.439. The summed E-state index contributed by atoms with van der Waals surface area (Å²) in [5.74, 6) is -2.51. The van der Waals surface area contributed by atoms with E-state index < -0.39 is 18.0 Å². The van der Waals surface area contributed by atoms with Gasteiger partial charge in [-0.25, -0.2) is 9.59 Å². The summed E-state index contributed by atoms with van der Waals surface area (Å²) in [4.78, 5) is 19.1. The summed E-state index contributed by atoms with van der Waals surface area (Å²) >= 11 is 1.70. The Labute approximate surface area is 142 Å². The van der Waals surface area contributed by atoms with Gasteiger partial charge in [-0.3, -0.25) is 0 Å². The zero-order valence-corrected chi connectivity index (χ0v) is 13.6. The third-order valence-electron chi connectivity index (χ3n) is 2.77. The molecule has 8 heteroatoms. The lowest BCUT2D eigenvalue weighted by Crippen LogP contribution is -2.13. The molecule has 2 rings (SSSR count). The van der Waals surface area contributed by atoms with Crippen molar-refractivity contribution in [2.24, 2.45) is 5.73 Å². The van der Waals surface area contributed by atoms with Gasteiger partial charge in [0.25, 0.3) is 0 Å². The number of carbonyl (C=O) groups is 2. The van der Waals surface area contributed by atoms with Crippen molar-refractivity contribution in [3.63, 3.8) is 0 Å². The smallest absolute Gasteiger partial charge is 0.328 e. The summed E-state index contributed by atoms with van der Waals surface area (Å²) in [6.45, 7) is 1.26. The number of ether oxygens (including phenoxy) is 1. The minimum absolute atomic E-state index is 0.298. The maximum absolute atomic E-state index is 9.88. The van der Waals surface area contributed by atoms with Crippen LogP contribution in [0.3, 0.4) is 0 Å². The van der Waals surface area contributed by atoms with E-state index in [-0.39, 0.29) is 0 Å². The molecule has 0 radical (unpaired) electrons. The van der Waals surface area contributed by atoms with Gasteiger partial charge in [-0.2, -0.15) is 0 Å². The summed E-state index contributed by atoms with van der Waals surface area (Å²) in [5, 5.41) is 28.7. The molecule has 0 fully saturated rings. The molecule has 0 saturated carbocycles. The number of aliphatic hydroxyl groups excluding tert-OH is 1. The van der Waals surface area contributed by atoms with Crippen LogP contribution in [0.4, 0.5) is 0 Å². The number of carboxylic acid groups (broad SMARTS) is 2. The highest BCUT2D eigenvalue weighted by molar-refractivity contribution is 7.17. The third kappa shape index (κ3) is 7.34. The normalized spacial score (nSPS) is 11.9. The van der Waals surface area contributed by atoms with Crippen molar-refractivity contribution in [3.8, 4) is 0 Å². The first kappa shape index (κ1) is 19.8. The van der Waals surface area contributed by atoms with Crippen LogP contribution in [0.2, 0.25) is 0 Å². The van der Waals surface area contributed by atoms with Gasteiger partial charge in [0.2, 0.25) is 0 Å². The average Bonchev–Trinajstić information content (AvgIpc) is 3.01. The number of benzene rings is 1. The molecule has 0 amide bonds. The lowest BCUT2D eigenvalue weighted by Gasteiger charge is -2.11. The average molecular weight is 353 g/mol. The van der Waals surface area contributed by atoms with Crippen LogP contribution in [0.15, 0.2) is 41.8 Å². The van der Waals surface area contributed by atoms with Crippen LogP contribution in [0.5, 0.6) is 0 Å². The molecule has 0 aliphatic heterocycles. The summed E-state index contributed by atoms with van der Waals surface area (Å²) in [7, 11) is 0. The van der Waals surface area contributed by atoms with Gasteiger partial charge >= 0.3 is 11.9 Å². The molecule has 2 aromatic rings. The fourth-order valence-electron chi connectivity index (χ4n) is 1.71. The first-order valence-corrected chi connectivity index (χ1v) is 7.89. The molecule has 130 valence electrons. The summed E-state index contributed by atoms with van der Waals surface area (Å²) < 4.78 is 6.46. The SMILES string of the molecule is NCCOCC(O)c1ccc2sccc2c1.O=C(O)/C=C/C(=O)O. The number of hydrogen-bond donors (Lipinski definition) is 4. The maximum atomic E-state index is 9.88. The summed E-state index contributed by atoms with van der Waals surface area (Å²) in [6.07, 6.45) is 0.542. The van der Waals surface area contributed by atoms with Gasteiger partial charge in [-0.1, -0.05) is 6.07 Å². The highest BCUT2D eigenvalue weighted by atomic mass is 32.1. The van der Waals surface area contributed by atoms with E-state index in [9.17, 15) is 14.7 Å². The zero-order valence-electron chi connectivity index (χ0n) is 12.8. The molecular formula is C16H19NO6S. The van der Waals surface area contributed by atoms with Crippen molar-refractivity contribution >= 4 is 33.4 Å². The van der Waals surface area contributed by atoms with Gasteiger partial charge in [0.05, 0.1) is 13.2 Å². The van der Waals surface area contributed by atoms with Gasteiger partial charge < -0.3 is 25.8 Å². The predicted molar refractivity (Wildman–Crippen MR) is 91.1 cm³/mol. The topological polar surface area (TPSA) is 130 Å². The molecule has 7 nitrogen and oxygen atoms in total. The van der Waals surface area contributed by atoms with E-state index in [0.717, 1.165) is 5.56 Å². The van der Waals surface area contributed by atoms with Gasteiger partial charge in [0, 0.05) is 23.4 Å². The number of fused-ring (bicyclic) bond motifs is 1. The van der Waals surface area contributed by atoms with E-state index >= 15 is 0 Å². The molecule has 0 aliphatic carbocycles. The Morgan fingerprint density at radius 3 is 2.46 bits per heavy atom. The zero-order chi connectivity index (χ0) is 17.9. The molecule has 0 saturated heterocycles. The van der Waals surface area contributed by atoms with Crippen LogP contribution in [0.1, 0.15) is 11.7 Å². The molecule has 1 unspecified atom stereocenters. The Hall–Kier alpha value is -2.26. The number of carboxylic acids is 2. The predicted octanol–water partition coefficient (Wildman–Crippen LogP) is 1.62. The minimum Gasteiger partial charge on any atom is -0.478 e. The first-order chi connectivity index (χ1) is 11.4. The number of hydrogen-bond acceptors (Lipinski definition) is 6. The molecule has 0 spiro atoms. The number of aliphatic carboxylic acids is 2. The van der Waals surface area contributed by atoms with Crippen molar-refractivity contribution in [1.29, 1.82) is 0 Å². The molecular weight excluding hydrogens is 334 g/mol. The molecule has 0 aliphatic rings. The van der Waals surface area contributed by atoms with Crippen molar-refractivity contribution in [2.75, 3.05) is 19.8 Å². The van der Waals surface area contributed by atoms with Crippen LogP contribution in [0, 0.1) is 0 Å². The Morgan fingerprint density at radius 1 is 1.21 bits per heavy atom. The fraction of sp³-hybridized carbons (Fsp3) is 0.250. The van der Waals surface area contributed by atoms with Crippen LogP contribution >= 0.6 is 11.3 Å². The van der Waals surface area contributed by atoms with Crippen LogP contribution in [-0.2, 0) is 14.3 Å². The number of thiophene rings is 1. The second-order valence-corrected chi connectivity index (χ2v) is 5.55. The molecule has 24 heavy (non-hydrogen) atoms.